The molecule has 5 rings (SSSR count). The molecule has 1 saturated carbocycles. The monoisotopic (exact) mass is 454 g/mol. The molecular weight excluding hydrogens is 423 g/mol. The van der Waals surface area contributed by atoms with Crippen molar-refractivity contribution in [1.29, 1.82) is 0 Å². The number of fused-ring (bicyclic) bond motifs is 1. The van der Waals surface area contributed by atoms with Gasteiger partial charge in [0, 0.05) is 38.1 Å². The predicted octanol–water partition coefficient (Wildman–Crippen LogP) is 4.10. The summed E-state index contributed by atoms with van der Waals surface area (Å²) in [6, 6.07) is 4.02. The Morgan fingerprint density at radius 1 is 1.18 bits per heavy atom. The lowest BCUT2D eigenvalue weighted by Crippen LogP contribution is -2.36. The van der Waals surface area contributed by atoms with Crippen LogP contribution in [0.1, 0.15) is 44.2 Å². The molecule has 1 saturated heterocycles. The highest BCUT2D eigenvalue weighted by molar-refractivity contribution is 5.91. The molecule has 9 heteroatoms. The maximum Gasteiger partial charge on any atom is 0.250 e. The molecule has 1 aliphatic heterocycles. The summed E-state index contributed by atoms with van der Waals surface area (Å²) in [5, 5.41) is 9.47. The van der Waals surface area contributed by atoms with E-state index in [9.17, 15) is 4.39 Å². The second-order valence-corrected chi connectivity index (χ2v) is 8.78. The van der Waals surface area contributed by atoms with Gasteiger partial charge in [0.25, 0.3) is 5.88 Å². The second-order valence-electron chi connectivity index (χ2n) is 8.78. The summed E-state index contributed by atoms with van der Waals surface area (Å²) >= 11 is 0. The number of pyridine rings is 2. The van der Waals surface area contributed by atoms with Gasteiger partial charge >= 0.3 is 0 Å². The number of hydrogen-bond acceptors (Lipinski definition) is 7. The number of aryl methyl sites for hydroxylation is 1. The van der Waals surface area contributed by atoms with E-state index in [4.69, 9.17) is 14.6 Å². The van der Waals surface area contributed by atoms with Gasteiger partial charge in [-0.05, 0) is 51.2 Å². The first-order valence-corrected chi connectivity index (χ1v) is 11.9. The minimum absolute atomic E-state index is 0.0374. The van der Waals surface area contributed by atoms with Gasteiger partial charge in [0.05, 0.1) is 30.2 Å². The fraction of sp³-hybridized carbons (Fsp3) is 0.542. The fourth-order valence-electron chi connectivity index (χ4n) is 4.74. The van der Waals surface area contributed by atoms with Gasteiger partial charge < -0.3 is 19.7 Å². The third kappa shape index (κ3) is 4.46. The highest BCUT2D eigenvalue weighted by Gasteiger charge is 2.28. The van der Waals surface area contributed by atoms with E-state index >= 15 is 0 Å². The van der Waals surface area contributed by atoms with E-state index in [1.54, 1.807) is 19.2 Å². The van der Waals surface area contributed by atoms with E-state index in [2.05, 4.69) is 37.9 Å². The van der Waals surface area contributed by atoms with Gasteiger partial charge in [-0.2, -0.15) is 5.10 Å². The van der Waals surface area contributed by atoms with Gasteiger partial charge in [0.15, 0.2) is 11.6 Å². The van der Waals surface area contributed by atoms with E-state index in [0.717, 1.165) is 67.9 Å². The first-order valence-electron chi connectivity index (χ1n) is 11.9. The number of ether oxygens (including phenoxy) is 2. The van der Waals surface area contributed by atoms with Gasteiger partial charge in [-0.25, -0.2) is 14.4 Å². The molecular formula is C24H31FN6O2. The lowest BCUT2D eigenvalue weighted by molar-refractivity contribution is 0.119. The molecule has 3 aromatic heterocycles. The van der Waals surface area contributed by atoms with Crippen molar-refractivity contribution in [3.8, 4) is 5.88 Å². The lowest BCUT2D eigenvalue weighted by Gasteiger charge is -2.29. The number of morpholine rings is 1. The Labute approximate surface area is 193 Å². The Morgan fingerprint density at radius 2 is 1.97 bits per heavy atom. The van der Waals surface area contributed by atoms with Gasteiger partial charge in [0.2, 0.25) is 0 Å². The minimum Gasteiger partial charge on any atom is -0.472 e. The molecule has 0 unspecified atom stereocenters. The Balaban J connectivity index is 1.37. The van der Waals surface area contributed by atoms with Crippen molar-refractivity contribution >= 4 is 22.5 Å². The smallest absolute Gasteiger partial charge is 0.250 e. The molecule has 1 N–H and O–H groups in total. The summed E-state index contributed by atoms with van der Waals surface area (Å²) in [6.07, 6.45) is 6.98. The molecule has 0 spiro atoms. The quantitative estimate of drug-likeness (QED) is 0.601. The average molecular weight is 455 g/mol. The molecule has 0 aromatic carbocycles. The van der Waals surface area contributed by atoms with Crippen LogP contribution in [0.25, 0.3) is 10.9 Å². The number of hydrogen-bond donors (Lipinski definition) is 1. The number of halogens is 1. The van der Waals surface area contributed by atoms with Crippen LogP contribution in [0.15, 0.2) is 24.5 Å². The molecule has 0 amide bonds. The van der Waals surface area contributed by atoms with Gasteiger partial charge in [-0.3, -0.25) is 4.68 Å². The van der Waals surface area contributed by atoms with Crippen LogP contribution in [0.2, 0.25) is 0 Å². The van der Waals surface area contributed by atoms with Gasteiger partial charge in [-0.15, -0.1) is 0 Å². The first-order chi connectivity index (χ1) is 16.1. The van der Waals surface area contributed by atoms with Crippen LogP contribution in [-0.2, 0) is 4.74 Å². The average Bonchev–Trinajstić information content (AvgIpc) is 3.22. The number of aromatic nitrogens is 4. The third-order valence-electron chi connectivity index (χ3n) is 6.56. The number of nitrogens with zero attached hydrogens (tertiary/aromatic N) is 5. The molecule has 2 fully saturated rings. The van der Waals surface area contributed by atoms with Crippen molar-refractivity contribution in [3.05, 3.63) is 35.9 Å². The molecule has 1 aliphatic carbocycles. The molecule has 8 nitrogen and oxygen atoms in total. The number of rotatable bonds is 6. The van der Waals surface area contributed by atoms with Crippen molar-refractivity contribution < 1.29 is 13.9 Å². The summed E-state index contributed by atoms with van der Waals surface area (Å²) in [5.41, 5.74) is 1.65. The van der Waals surface area contributed by atoms with Crippen molar-refractivity contribution in [2.75, 3.05) is 43.1 Å². The van der Waals surface area contributed by atoms with Crippen LogP contribution in [0, 0.1) is 12.7 Å². The molecule has 3 aromatic rings. The molecule has 0 radical (unpaired) electrons. The summed E-state index contributed by atoms with van der Waals surface area (Å²) in [4.78, 5) is 11.0. The van der Waals surface area contributed by atoms with E-state index in [1.165, 1.54) is 0 Å². The zero-order valence-corrected chi connectivity index (χ0v) is 19.3. The number of anilines is 2. The first kappa shape index (κ1) is 21.9. The van der Waals surface area contributed by atoms with Crippen LogP contribution in [-0.4, -0.2) is 58.7 Å². The zero-order valence-electron chi connectivity index (χ0n) is 19.3. The standard InChI is InChI=1S/C24H31FN6O2/c1-3-26-21-14-20-19(15-28-21)23(30-10-12-32-13-11-30)29-31(20)17-4-6-18(7-5-17)33-24-22(25)16(2)8-9-27-24/h8-9,14-15,17-18H,3-7,10-13H2,1-2H3,(H,26,28). The highest BCUT2D eigenvalue weighted by Crippen LogP contribution is 2.36. The molecule has 176 valence electrons. The Bertz CT molecular complexity index is 1110. The Morgan fingerprint density at radius 3 is 2.73 bits per heavy atom. The van der Waals surface area contributed by atoms with Crippen molar-refractivity contribution in [1.82, 2.24) is 19.7 Å². The largest absolute Gasteiger partial charge is 0.472 e. The third-order valence-corrected chi connectivity index (χ3v) is 6.56. The molecule has 2 aliphatic rings. The highest BCUT2D eigenvalue weighted by atomic mass is 19.1. The van der Waals surface area contributed by atoms with E-state index < -0.39 is 0 Å². The van der Waals surface area contributed by atoms with Crippen molar-refractivity contribution in [3.63, 3.8) is 0 Å². The van der Waals surface area contributed by atoms with Crippen molar-refractivity contribution in [2.45, 2.75) is 51.7 Å². The van der Waals surface area contributed by atoms with Crippen LogP contribution in [0.3, 0.4) is 0 Å². The maximum atomic E-state index is 14.3. The molecule has 0 bridgehead atoms. The Kier molecular flexibility index (Phi) is 6.30. The van der Waals surface area contributed by atoms with Crippen LogP contribution >= 0.6 is 0 Å². The molecule has 33 heavy (non-hydrogen) atoms. The topological polar surface area (TPSA) is 77.3 Å². The maximum absolute atomic E-state index is 14.3. The lowest BCUT2D eigenvalue weighted by atomic mass is 9.93. The minimum atomic E-state index is -0.365. The normalized spacial score (nSPS) is 21.4. The van der Waals surface area contributed by atoms with Gasteiger partial charge in [-0.1, -0.05) is 0 Å². The molecule has 0 atom stereocenters. The van der Waals surface area contributed by atoms with Crippen LogP contribution in [0.5, 0.6) is 5.88 Å². The summed E-state index contributed by atoms with van der Waals surface area (Å²) in [5.74, 6) is 1.58. The van der Waals surface area contributed by atoms with Gasteiger partial charge in [0.1, 0.15) is 11.9 Å². The van der Waals surface area contributed by atoms with E-state index in [0.29, 0.717) is 18.8 Å². The number of nitrogens with one attached hydrogen (secondary N) is 1. The molecule has 4 heterocycles. The summed E-state index contributed by atoms with van der Waals surface area (Å²) in [7, 11) is 0. The second kappa shape index (κ2) is 9.51. The summed E-state index contributed by atoms with van der Waals surface area (Å²) in [6.45, 7) is 7.69. The SMILES string of the molecule is CCNc1cc2c(cn1)c(N1CCOCC1)nn2C1CCC(Oc2nccc(C)c2F)CC1. The Hall–Kier alpha value is -2.94. The predicted molar refractivity (Wildman–Crippen MR) is 126 cm³/mol. The van der Waals surface area contributed by atoms with Crippen LogP contribution in [0.4, 0.5) is 16.0 Å². The summed E-state index contributed by atoms with van der Waals surface area (Å²) < 4.78 is 28.0. The van der Waals surface area contributed by atoms with E-state index in [-0.39, 0.29) is 23.8 Å². The van der Waals surface area contributed by atoms with Crippen molar-refractivity contribution in [2.24, 2.45) is 0 Å². The fourth-order valence-corrected chi connectivity index (χ4v) is 4.74. The van der Waals surface area contributed by atoms with E-state index in [1.807, 2.05) is 6.20 Å². The zero-order chi connectivity index (χ0) is 22.8. The van der Waals surface area contributed by atoms with Crippen LogP contribution < -0.4 is 15.0 Å².